The van der Waals surface area contributed by atoms with Gasteiger partial charge in [-0.2, -0.15) is 14.7 Å². The average molecular weight is 359 g/mol. The van der Waals surface area contributed by atoms with E-state index in [1.54, 1.807) is 4.52 Å². The summed E-state index contributed by atoms with van der Waals surface area (Å²) >= 11 is 7.54. The predicted octanol–water partition coefficient (Wildman–Crippen LogP) is 4.09. The zero-order valence-corrected chi connectivity index (χ0v) is 14.8. The molecule has 24 heavy (non-hydrogen) atoms. The molecule has 0 atom stereocenters. The minimum atomic E-state index is 0.561. The van der Waals surface area contributed by atoms with Gasteiger partial charge in [0.2, 0.25) is 10.8 Å². The molecule has 0 saturated heterocycles. The lowest BCUT2D eigenvalue weighted by Crippen LogP contribution is -1.93. The van der Waals surface area contributed by atoms with Gasteiger partial charge in [0.25, 0.3) is 0 Å². The Kier molecular flexibility index (Phi) is 3.82. The number of H-pyrrole nitrogens is 1. The monoisotopic (exact) mass is 358 g/mol. The molecule has 0 amide bonds. The number of hydrogen-bond donors (Lipinski definition) is 1. The van der Waals surface area contributed by atoms with Gasteiger partial charge in [0.15, 0.2) is 0 Å². The summed E-state index contributed by atoms with van der Waals surface area (Å²) in [5.74, 6) is 1.20. The third-order valence-corrected chi connectivity index (χ3v) is 4.73. The molecular weight excluding hydrogens is 344 g/mol. The zero-order chi connectivity index (χ0) is 16.7. The molecule has 4 rings (SSSR count). The van der Waals surface area contributed by atoms with Crippen molar-refractivity contribution in [3.8, 4) is 22.1 Å². The Balaban J connectivity index is 1.73. The lowest BCUT2D eigenvalue weighted by molar-refractivity contribution is 0.633. The summed E-state index contributed by atoms with van der Waals surface area (Å²) in [6, 6.07) is 9.63. The Morgan fingerprint density at radius 2 is 2.12 bits per heavy atom. The van der Waals surface area contributed by atoms with Crippen LogP contribution in [0.2, 0.25) is 5.02 Å². The fourth-order valence-corrected chi connectivity index (χ4v) is 3.56. The van der Waals surface area contributed by atoms with E-state index in [0.29, 0.717) is 16.8 Å². The molecule has 0 saturated carbocycles. The number of aromatic nitrogens is 6. The first-order chi connectivity index (χ1) is 11.6. The first-order valence-corrected chi connectivity index (χ1v) is 8.82. The normalized spacial score (nSPS) is 11.7. The molecule has 3 heterocycles. The molecule has 0 fully saturated rings. The molecule has 1 aromatic carbocycles. The van der Waals surface area contributed by atoms with Crippen molar-refractivity contribution in [2.45, 2.75) is 20.3 Å². The van der Waals surface area contributed by atoms with Crippen LogP contribution < -0.4 is 0 Å². The molecule has 1 N–H and O–H groups in total. The van der Waals surface area contributed by atoms with Crippen molar-refractivity contribution < 1.29 is 0 Å². The number of fused-ring (bicyclic) bond motifs is 1. The van der Waals surface area contributed by atoms with Crippen molar-refractivity contribution in [2.75, 3.05) is 0 Å². The minimum Gasteiger partial charge on any atom is -0.282 e. The molecule has 0 spiro atoms. The molecule has 0 aliphatic heterocycles. The number of nitrogens with one attached hydrogen (secondary N) is 1. The number of aromatic amines is 1. The number of hydrogen-bond acceptors (Lipinski definition) is 5. The van der Waals surface area contributed by atoms with E-state index in [-0.39, 0.29) is 0 Å². The Labute approximate surface area is 147 Å². The van der Waals surface area contributed by atoms with Crippen molar-refractivity contribution >= 4 is 27.9 Å². The Morgan fingerprint density at radius 3 is 2.92 bits per heavy atom. The summed E-state index contributed by atoms with van der Waals surface area (Å²) in [4.78, 5) is 0.730. The fraction of sp³-hybridized carbons (Fsp3) is 0.250. The van der Waals surface area contributed by atoms with E-state index in [9.17, 15) is 0 Å². The van der Waals surface area contributed by atoms with Crippen molar-refractivity contribution in [3.63, 3.8) is 0 Å². The molecule has 122 valence electrons. The number of nitrogens with zero attached hydrogens (tertiary/aromatic N) is 5. The van der Waals surface area contributed by atoms with Crippen molar-refractivity contribution in [1.82, 2.24) is 30.0 Å². The topological polar surface area (TPSA) is 71.8 Å². The second kappa shape index (κ2) is 5.99. The maximum absolute atomic E-state index is 6.07. The van der Waals surface area contributed by atoms with Crippen LogP contribution in [0.5, 0.6) is 0 Å². The van der Waals surface area contributed by atoms with E-state index >= 15 is 0 Å². The molecule has 0 radical (unpaired) electrons. The number of benzene rings is 1. The molecular formula is C16H15ClN6S. The second-order valence-electron chi connectivity index (χ2n) is 6.01. The van der Waals surface area contributed by atoms with Gasteiger partial charge in [-0.3, -0.25) is 5.10 Å². The van der Waals surface area contributed by atoms with Crippen molar-refractivity contribution in [2.24, 2.45) is 5.92 Å². The van der Waals surface area contributed by atoms with Crippen LogP contribution in [0.3, 0.4) is 0 Å². The second-order valence-corrected chi connectivity index (χ2v) is 7.40. The van der Waals surface area contributed by atoms with Crippen LogP contribution >= 0.6 is 22.9 Å². The van der Waals surface area contributed by atoms with Gasteiger partial charge in [0, 0.05) is 16.3 Å². The molecule has 0 unspecified atom stereocenters. The summed E-state index contributed by atoms with van der Waals surface area (Å²) in [6.07, 6.45) is 0.944. The third-order valence-electron chi connectivity index (χ3n) is 3.55. The summed E-state index contributed by atoms with van der Waals surface area (Å²) in [5.41, 5.74) is 2.80. The van der Waals surface area contributed by atoms with E-state index < -0.39 is 0 Å². The number of halogens is 1. The maximum atomic E-state index is 6.07. The van der Waals surface area contributed by atoms with E-state index in [1.807, 2.05) is 30.3 Å². The van der Waals surface area contributed by atoms with Crippen LogP contribution in [0.15, 0.2) is 30.3 Å². The van der Waals surface area contributed by atoms with Crippen LogP contribution in [0.25, 0.3) is 27.1 Å². The van der Waals surface area contributed by atoms with Gasteiger partial charge in [0.05, 0.1) is 0 Å². The van der Waals surface area contributed by atoms with Crippen molar-refractivity contribution in [1.29, 1.82) is 0 Å². The SMILES string of the molecule is CC(C)Cc1cc(-c2nnc3sc(-c4cccc(Cl)c4)nn23)n[nH]1. The van der Waals surface area contributed by atoms with E-state index in [2.05, 4.69) is 39.3 Å². The maximum Gasteiger partial charge on any atom is 0.235 e. The summed E-state index contributed by atoms with van der Waals surface area (Å²) < 4.78 is 1.73. The third kappa shape index (κ3) is 2.81. The molecule has 6 nitrogen and oxygen atoms in total. The van der Waals surface area contributed by atoms with E-state index in [0.717, 1.165) is 33.3 Å². The van der Waals surface area contributed by atoms with Gasteiger partial charge in [-0.05, 0) is 30.5 Å². The quantitative estimate of drug-likeness (QED) is 0.596. The highest BCUT2D eigenvalue weighted by molar-refractivity contribution is 7.19. The van der Waals surface area contributed by atoms with Crippen LogP contribution in [-0.4, -0.2) is 30.0 Å². The number of rotatable bonds is 4. The first kappa shape index (κ1) is 15.3. The summed E-state index contributed by atoms with van der Waals surface area (Å²) in [5, 5.41) is 22.0. The van der Waals surface area contributed by atoms with Gasteiger partial charge >= 0.3 is 0 Å². The van der Waals surface area contributed by atoms with Gasteiger partial charge < -0.3 is 0 Å². The average Bonchev–Trinajstić information content (AvgIpc) is 3.21. The Morgan fingerprint density at radius 1 is 1.25 bits per heavy atom. The lowest BCUT2D eigenvalue weighted by atomic mass is 10.1. The highest BCUT2D eigenvalue weighted by atomic mass is 35.5. The Bertz CT molecular complexity index is 999. The van der Waals surface area contributed by atoms with Crippen LogP contribution in [0, 0.1) is 5.92 Å². The highest BCUT2D eigenvalue weighted by Crippen LogP contribution is 2.29. The summed E-state index contributed by atoms with van der Waals surface area (Å²) in [6.45, 7) is 4.35. The Hall–Kier alpha value is -2.25. The fourth-order valence-electron chi connectivity index (χ4n) is 2.54. The molecule has 0 aliphatic carbocycles. The van der Waals surface area contributed by atoms with Crippen LogP contribution in [-0.2, 0) is 6.42 Å². The zero-order valence-electron chi connectivity index (χ0n) is 13.2. The van der Waals surface area contributed by atoms with Gasteiger partial charge in [-0.15, -0.1) is 10.2 Å². The van der Waals surface area contributed by atoms with Crippen LogP contribution in [0.1, 0.15) is 19.5 Å². The van der Waals surface area contributed by atoms with E-state index in [4.69, 9.17) is 11.6 Å². The lowest BCUT2D eigenvalue weighted by Gasteiger charge is -1.98. The van der Waals surface area contributed by atoms with Crippen molar-refractivity contribution in [3.05, 3.63) is 41.0 Å². The largest absolute Gasteiger partial charge is 0.282 e. The van der Waals surface area contributed by atoms with Gasteiger partial charge in [-0.25, -0.2) is 0 Å². The first-order valence-electron chi connectivity index (χ1n) is 7.63. The smallest absolute Gasteiger partial charge is 0.235 e. The molecule has 0 bridgehead atoms. The van der Waals surface area contributed by atoms with E-state index in [1.165, 1.54) is 11.3 Å². The molecule has 3 aromatic heterocycles. The minimum absolute atomic E-state index is 0.561. The highest BCUT2D eigenvalue weighted by Gasteiger charge is 2.17. The molecule has 4 aromatic rings. The molecule has 0 aliphatic rings. The van der Waals surface area contributed by atoms with Gasteiger partial charge in [0.1, 0.15) is 10.7 Å². The summed E-state index contributed by atoms with van der Waals surface area (Å²) in [7, 11) is 0. The predicted molar refractivity (Wildman–Crippen MR) is 95.2 cm³/mol. The standard InChI is InChI=1S/C16H15ClN6S/c1-9(2)6-12-8-13(19-18-12)14-20-21-16-23(14)22-15(24-16)10-4-3-5-11(17)7-10/h3-5,7-9H,6H2,1-2H3,(H,18,19). The van der Waals surface area contributed by atoms with Gasteiger partial charge in [-0.1, -0.05) is 48.9 Å². The molecule has 8 heteroatoms. The van der Waals surface area contributed by atoms with Crippen LogP contribution in [0.4, 0.5) is 0 Å².